The summed E-state index contributed by atoms with van der Waals surface area (Å²) in [5.74, 6) is -0.120. The minimum absolute atomic E-state index is 0.120. The second-order valence-electron chi connectivity index (χ2n) is 4.24. The fraction of sp³-hybridized carbons (Fsp3) is 0.357. The van der Waals surface area contributed by atoms with Gasteiger partial charge >= 0.3 is 0 Å². The second kappa shape index (κ2) is 6.57. The van der Waals surface area contributed by atoms with Crippen molar-refractivity contribution in [2.45, 2.75) is 18.9 Å². The Bertz CT molecular complexity index is 439. The van der Waals surface area contributed by atoms with Gasteiger partial charge in [-0.1, -0.05) is 29.8 Å². The molecule has 0 bridgehead atoms. The number of benzene rings is 1. The molecule has 1 aromatic rings. The van der Waals surface area contributed by atoms with Crippen LogP contribution in [0, 0.1) is 0 Å². The van der Waals surface area contributed by atoms with Gasteiger partial charge < -0.3 is 10.1 Å². The summed E-state index contributed by atoms with van der Waals surface area (Å²) < 4.78 is 5.43. The molecular weight excluding hydrogens is 250 g/mol. The van der Waals surface area contributed by atoms with E-state index in [1.807, 2.05) is 18.2 Å². The smallest absolute Gasteiger partial charge is 0.244 e. The molecule has 0 aliphatic carbocycles. The largest absolute Gasteiger partial charge is 0.376 e. The van der Waals surface area contributed by atoms with Crippen LogP contribution < -0.4 is 5.32 Å². The molecule has 2 rings (SSSR count). The van der Waals surface area contributed by atoms with Crippen LogP contribution in [0.25, 0.3) is 6.08 Å². The lowest BCUT2D eigenvalue weighted by Crippen LogP contribution is -2.30. The van der Waals surface area contributed by atoms with E-state index in [1.165, 1.54) is 6.08 Å². The molecule has 0 spiro atoms. The maximum absolute atomic E-state index is 11.6. The third-order valence-corrected chi connectivity index (χ3v) is 3.19. The molecule has 1 amide bonds. The molecule has 1 aliphatic rings. The fourth-order valence-corrected chi connectivity index (χ4v) is 2.05. The average Bonchev–Trinajstić information content (AvgIpc) is 2.88. The molecule has 0 radical (unpaired) electrons. The van der Waals surface area contributed by atoms with E-state index in [-0.39, 0.29) is 12.0 Å². The Hall–Kier alpha value is -1.32. The first-order chi connectivity index (χ1) is 8.75. The quantitative estimate of drug-likeness (QED) is 0.850. The predicted molar refractivity (Wildman–Crippen MR) is 72.5 cm³/mol. The first-order valence-electron chi connectivity index (χ1n) is 6.08. The van der Waals surface area contributed by atoms with Gasteiger partial charge in [-0.3, -0.25) is 4.79 Å². The van der Waals surface area contributed by atoms with Crippen molar-refractivity contribution in [3.8, 4) is 0 Å². The molecule has 1 N–H and O–H groups in total. The highest BCUT2D eigenvalue weighted by molar-refractivity contribution is 6.32. The van der Waals surface area contributed by atoms with Crippen LogP contribution in [-0.2, 0) is 9.53 Å². The molecule has 18 heavy (non-hydrogen) atoms. The summed E-state index contributed by atoms with van der Waals surface area (Å²) in [4.78, 5) is 11.6. The molecule has 1 saturated heterocycles. The average molecular weight is 266 g/mol. The first kappa shape index (κ1) is 13.1. The van der Waals surface area contributed by atoms with Gasteiger partial charge in [0.2, 0.25) is 5.91 Å². The van der Waals surface area contributed by atoms with Crippen molar-refractivity contribution in [1.82, 2.24) is 5.32 Å². The van der Waals surface area contributed by atoms with Gasteiger partial charge in [-0.25, -0.2) is 0 Å². The number of carbonyl (C=O) groups is 1. The molecule has 4 heteroatoms. The van der Waals surface area contributed by atoms with Crippen molar-refractivity contribution in [1.29, 1.82) is 0 Å². The van der Waals surface area contributed by atoms with Crippen LogP contribution in [0.15, 0.2) is 30.3 Å². The Labute approximate surface area is 112 Å². The van der Waals surface area contributed by atoms with Crippen LogP contribution in [0.1, 0.15) is 18.4 Å². The van der Waals surface area contributed by atoms with E-state index in [4.69, 9.17) is 16.3 Å². The maximum atomic E-state index is 11.6. The van der Waals surface area contributed by atoms with Crippen molar-refractivity contribution >= 4 is 23.6 Å². The molecule has 3 nitrogen and oxygen atoms in total. The molecule has 96 valence electrons. The van der Waals surface area contributed by atoms with Crippen molar-refractivity contribution in [3.05, 3.63) is 40.9 Å². The summed E-state index contributed by atoms with van der Waals surface area (Å²) in [5.41, 5.74) is 0.839. The third kappa shape index (κ3) is 3.86. The van der Waals surface area contributed by atoms with Gasteiger partial charge in [0.05, 0.1) is 6.10 Å². The lowest BCUT2D eigenvalue weighted by Gasteiger charge is -2.08. The Morgan fingerprint density at radius 3 is 3.06 bits per heavy atom. The molecule has 1 aromatic carbocycles. The zero-order valence-electron chi connectivity index (χ0n) is 10.1. The molecular formula is C14H16ClNO2. The number of hydrogen-bond donors (Lipinski definition) is 1. The van der Waals surface area contributed by atoms with Gasteiger partial charge in [0.25, 0.3) is 0 Å². The van der Waals surface area contributed by atoms with E-state index in [9.17, 15) is 4.79 Å². The zero-order valence-corrected chi connectivity index (χ0v) is 10.8. The van der Waals surface area contributed by atoms with Crippen LogP contribution in [0.5, 0.6) is 0 Å². The Balaban J connectivity index is 1.81. The van der Waals surface area contributed by atoms with E-state index in [0.717, 1.165) is 25.0 Å². The molecule has 0 saturated carbocycles. The lowest BCUT2D eigenvalue weighted by molar-refractivity contribution is -0.116. The van der Waals surface area contributed by atoms with Crippen molar-refractivity contribution in [2.24, 2.45) is 0 Å². The standard InChI is InChI=1S/C14H16ClNO2/c15-13-6-2-1-4-11(13)7-8-14(17)16-10-12-5-3-9-18-12/h1-2,4,6-8,12H,3,5,9-10H2,(H,16,17)/t12-/m1/s1. The SMILES string of the molecule is O=C(C=Cc1ccccc1Cl)NC[C@H]1CCCO1. The van der Waals surface area contributed by atoms with E-state index >= 15 is 0 Å². The van der Waals surface area contributed by atoms with E-state index in [1.54, 1.807) is 12.1 Å². The van der Waals surface area contributed by atoms with Gasteiger partial charge in [-0.2, -0.15) is 0 Å². The Morgan fingerprint density at radius 1 is 1.50 bits per heavy atom. The summed E-state index contributed by atoms with van der Waals surface area (Å²) in [6.45, 7) is 1.38. The monoisotopic (exact) mass is 265 g/mol. The first-order valence-corrected chi connectivity index (χ1v) is 6.45. The van der Waals surface area contributed by atoms with Gasteiger partial charge in [0.15, 0.2) is 0 Å². The van der Waals surface area contributed by atoms with Crippen LogP contribution >= 0.6 is 11.6 Å². The number of ether oxygens (including phenoxy) is 1. The second-order valence-corrected chi connectivity index (χ2v) is 4.64. The zero-order chi connectivity index (χ0) is 12.8. The molecule has 1 atom stereocenters. The number of rotatable bonds is 4. The van der Waals surface area contributed by atoms with E-state index in [0.29, 0.717) is 11.6 Å². The molecule has 1 fully saturated rings. The minimum Gasteiger partial charge on any atom is -0.376 e. The third-order valence-electron chi connectivity index (χ3n) is 2.85. The highest BCUT2D eigenvalue weighted by Crippen LogP contribution is 2.16. The number of amides is 1. The van der Waals surface area contributed by atoms with Gasteiger partial charge in [0.1, 0.15) is 0 Å². The predicted octanol–water partition coefficient (Wildman–Crippen LogP) is 2.65. The maximum Gasteiger partial charge on any atom is 0.244 e. The van der Waals surface area contributed by atoms with E-state index < -0.39 is 0 Å². The van der Waals surface area contributed by atoms with Gasteiger partial charge in [0, 0.05) is 24.3 Å². The summed E-state index contributed by atoms with van der Waals surface area (Å²) in [6.07, 6.45) is 5.48. The highest BCUT2D eigenvalue weighted by atomic mass is 35.5. The highest BCUT2D eigenvalue weighted by Gasteiger charge is 2.15. The van der Waals surface area contributed by atoms with Crippen molar-refractivity contribution in [3.63, 3.8) is 0 Å². The van der Waals surface area contributed by atoms with Crippen LogP contribution in [0.2, 0.25) is 5.02 Å². The summed E-state index contributed by atoms with van der Waals surface area (Å²) in [6, 6.07) is 7.41. The summed E-state index contributed by atoms with van der Waals surface area (Å²) in [5, 5.41) is 3.46. The topological polar surface area (TPSA) is 38.3 Å². The fourth-order valence-electron chi connectivity index (χ4n) is 1.85. The van der Waals surface area contributed by atoms with Crippen LogP contribution in [0.3, 0.4) is 0 Å². The number of carbonyl (C=O) groups excluding carboxylic acids is 1. The molecule has 0 aromatic heterocycles. The van der Waals surface area contributed by atoms with Crippen molar-refractivity contribution in [2.75, 3.05) is 13.2 Å². The molecule has 0 unspecified atom stereocenters. The normalized spacial score (nSPS) is 19.3. The van der Waals surface area contributed by atoms with Crippen LogP contribution in [0.4, 0.5) is 0 Å². The molecule has 1 heterocycles. The van der Waals surface area contributed by atoms with Gasteiger partial charge in [-0.15, -0.1) is 0 Å². The number of nitrogens with one attached hydrogen (secondary N) is 1. The van der Waals surface area contributed by atoms with Crippen LogP contribution in [-0.4, -0.2) is 25.2 Å². The lowest BCUT2D eigenvalue weighted by atomic mass is 10.2. The molecule has 1 aliphatic heterocycles. The summed E-state index contributed by atoms with van der Waals surface area (Å²) >= 11 is 5.99. The minimum atomic E-state index is -0.120. The number of halogens is 1. The van der Waals surface area contributed by atoms with E-state index in [2.05, 4.69) is 5.32 Å². The van der Waals surface area contributed by atoms with Crippen molar-refractivity contribution < 1.29 is 9.53 Å². The Kier molecular flexibility index (Phi) is 4.79. The number of hydrogen-bond acceptors (Lipinski definition) is 2. The van der Waals surface area contributed by atoms with Gasteiger partial charge in [-0.05, 0) is 30.5 Å². The summed E-state index contributed by atoms with van der Waals surface area (Å²) in [7, 11) is 0. The Morgan fingerprint density at radius 2 is 2.33 bits per heavy atom.